The zero-order valence-electron chi connectivity index (χ0n) is 10.6. The van der Waals surface area contributed by atoms with Crippen LogP contribution in [0.15, 0.2) is 18.2 Å². The SMILES string of the molecule is CC(C)CCS(=O)(=O)Nc1ccc(F)c(CN)c1. The summed E-state index contributed by atoms with van der Waals surface area (Å²) >= 11 is 0. The van der Waals surface area contributed by atoms with Crippen molar-refractivity contribution < 1.29 is 12.8 Å². The molecule has 0 saturated heterocycles. The Bertz CT molecular complexity index is 501. The van der Waals surface area contributed by atoms with E-state index in [0.717, 1.165) is 0 Å². The zero-order valence-corrected chi connectivity index (χ0v) is 11.4. The Hall–Kier alpha value is -1.14. The molecule has 0 heterocycles. The van der Waals surface area contributed by atoms with Gasteiger partial charge in [0.1, 0.15) is 5.82 Å². The molecule has 0 aliphatic rings. The molecule has 4 nitrogen and oxygen atoms in total. The second-order valence-corrected chi connectivity index (χ2v) is 6.46. The zero-order chi connectivity index (χ0) is 13.8. The lowest BCUT2D eigenvalue weighted by Crippen LogP contribution is -2.18. The van der Waals surface area contributed by atoms with Crippen molar-refractivity contribution in [3.8, 4) is 0 Å². The van der Waals surface area contributed by atoms with E-state index in [9.17, 15) is 12.8 Å². The molecule has 3 N–H and O–H groups in total. The monoisotopic (exact) mass is 274 g/mol. The van der Waals surface area contributed by atoms with E-state index < -0.39 is 15.8 Å². The normalized spacial score (nSPS) is 11.8. The summed E-state index contributed by atoms with van der Waals surface area (Å²) in [5, 5.41) is 0. The minimum Gasteiger partial charge on any atom is -0.326 e. The Kier molecular flexibility index (Phi) is 5.10. The Morgan fingerprint density at radius 3 is 2.61 bits per heavy atom. The maximum absolute atomic E-state index is 13.2. The van der Waals surface area contributed by atoms with Gasteiger partial charge in [0.2, 0.25) is 10.0 Å². The lowest BCUT2D eigenvalue weighted by Gasteiger charge is -2.10. The molecule has 0 aliphatic heterocycles. The Balaban J connectivity index is 2.78. The molecule has 0 bridgehead atoms. The van der Waals surface area contributed by atoms with Crippen LogP contribution >= 0.6 is 0 Å². The third kappa shape index (κ3) is 4.62. The van der Waals surface area contributed by atoms with Gasteiger partial charge >= 0.3 is 0 Å². The Labute approximate surface area is 107 Å². The fraction of sp³-hybridized carbons (Fsp3) is 0.500. The number of anilines is 1. The van der Waals surface area contributed by atoms with Crippen LogP contribution in [0, 0.1) is 11.7 Å². The van der Waals surface area contributed by atoms with Crippen molar-refractivity contribution in [3.05, 3.63) is 29.6 Å². The molecule has 0 unspecified atom stereocenters. The first-order valence-electron chi connectivity index (χ1n) is 5.83. The van der Waals surface area contributed by atoms with E-state index in [-0.39, 0.29) is 12.3 Å². The van der Waals surface area contributed by atoms with Gasteiger partial charge in [0, 0.05) is 17.8 Å². The number of hydrogen-bond acceptors (Lipinski definition) is 3. The van der Waals surface area contributed by atoms with Crippen LogP contribution in [0.2, 0.25) is 0 Å². The fourth-order valence-electron chi connectivity index (χ4n) is 1.42. The molecule has 0 aliphatic carbocycles. The lowest BCUT2D eigenvalue weighted by atomic mass is 10.2. The minimum absolute atomic E-state index is 0.0351. The Morgan fingerprint density at radius 1 is 1.39 bits per heavy atom. The first-order chi connectivity index (χ1) is 8.34. The summed E-state index contributed by atoms with van der Waals surface area (Å²) in [6.45, 7) is 3.95. The first-order valence-corrected chi connectivity index (χ1v) is 7.48. The van der Waals surface area contributed by atoms with Crippen molar-refractivity contribution in [2.75, 3.05) is 10.5 Å². The molecule has 0 saturated carbocycles. The highest BCUT2D eigenvalue weighted by atomic mass is 32.2. The summed E-state index contributed by atoms with van der Waals surface area (Å²) < 4.78 is 39.1. The average molecular weight is 274 g/mol. The van der Waals surface area contributed by atoms with E-state index in [1.807, 2.05) is 13.8 Å². The molecule has 0 amide bonds. The van der Waals surface area contributed by atoms with Crippen LogP contribution in [0.25, 0.3) is 0 Å². The fourth-order valence-corrected chi connectivity index (χ4v) is 2.79. The molecule has 0 atom stereocenters. The highest BCUT2D eigenvalue weighted by molar-refractivity contribution is 7.92. The van der Waals surface area contributed by atoms with E-state index in [0.29, 0.717) is 23.6 Å². The summed E-state index contributed by atoms with van der Waals surface area (Å²) in [4.78, 5) is 0. The van der Waals surface area contributed by atoms with Crippen LogP contribution in [-0.4, -0.2) is 14.2 Å². The molecule has 18 heavy (non-hydrogen) atoms. The quantitative estimate of drug-likeness (QED) is 0.834. The largest absolute Gasteiger partial charge is 0.326 e. The van der Waals surface area contributed by atoms with Crippen molar-refractivity contribution in [2.45, 2.75) is 26.8 Å². The number of rotatable bonds is 6. The van der Waals surface area contributed by atoms with E-state index in [4.69, 9.17) is 5.73 Å². The maximum atomic E-state index is 13.2. The van der Waals surface area contributed by atoms with Gasteiger partial charge in [-0.1, -0.05) is 13.8 Å². The van der Waals surface area contributed by atoms with E-state index in [1.165, 1.54) is 18.2 Å². The van der Waals surface area contributed by atoms with Gasteiger partial charge < -0.3 is 5.73 Å². The molecule has 0 fully saturated rings. The highest BCUT2D eigenvalue weighted by Crippen LogP contribution is 2.16. The standard InChI is InChI=1S/C12H19FN2O2S/c1-9(2)5-6-18(16,17)15-11-3-4-12(13)10(7-11)8-14/h3-4,7,9,15H,5-6,8,14H2,1-2H3. The van der Waals surface area contributed by atoms with E-state index in [1.54, 1.807) is 0 Å². The van der Waals surface area contributed by atoms with Gasteiger partial charge in [0.05, 0.1) is 5.75 Å². The summed E-state index contributed by atoms with van der Waals surface area (Å²) in [6, 6.07) is 4.02. The molecule has 0 spiro atoms. The van der Waals surface area contributed by atoms with Crippen LogP contribution in [0.5, 0.6) is 0 Å². The van der Waals surface area contributed by atoms with E-state index in [2.05, 4.69) is 4.72 Å². The third-order valence-electron chi connectivity index (χ3n) is 2.50. The molecule has 6 heteroatoms. The van der Waals surface area contributed by atoms with Gasteiger partial charge in [-0.3, -0.25) is 4.72 Å². The minimum atomic E-state index is -3.38. The molecule has 102 valence electrons. The van der Waals surface area contributed by atoms with E-state index >= 15 is 0 Å². The molecular weight excluding hydrogens is 255 g/mol. The van der Waals surface area contributed by atoms with Gasteiger partial charge in [-0.05, 0) is 30.5 Å². The molecule has 1 rings (SSSR count). The van der Waals surface area contributed by atoms with Gasteiger partial charge in [-0.15, -0.1) is 0 Å². The lowest BCUT2D eigenvalue weighted by molar-refractivity contribution is 0.577. The van der Waals surface area contributed by atoms with Crippen LogP contribution in [0.1, 0.15) is 25.8 Å². The van der Waals surface area contributed by atoms with Crippen molar-refractivity contribution in [1.82, 2.24) is 0 Å². The summed E-state index contributed by atoms with van der Waals surface area (Å²) in [5.74, 6) is -0.0583. The highest BCUT2D eigenvalue weighted by Gasteiger charge is 2.12. The van der Waals surface area contributed by atoms with Crippen LogP contribution in [0.3, 0.4) is 0 Å². The van der Waals surface area contributed by atoms with Gasteiger partial charge in [-0.25, -0.2) is 12.8 Å². The number of sulfonamides is 1. The van der Waals surface area contributed by atoms with Crippen LogP contribution < -0.4 is 10.5 Å². The van der Waals surface area contributed by atoms with Gasteiger partial charge in [0.15, 0.2) is 0 Å². The van der Waals surface area contributed by atoms with Crippen molar-refractivity contribution >= 4 is 15.7 Å². The number of nitrogens with two attached hydrogens (primary N) is 1. The molecule has 0 aromatic heterocycles. The number of benzene rings is 1. The van der Waals surface area contributed by atoms with Gasteiger partial charge in [0.25, 0.3) is 0 Å². The average Bonchev–Trinajstić information content (AvgIpc) is 2.29. The molecule has 1 aromatic carbocycles. The number of nitrogens with one attached hydrogen (secondary N) is 1. The molecular formula is C12H19FN2O2S. The van der Waals surface area contributed by atoms with Crippen LogP contribution in [-0.2, 0) is 16.6 Å². The topological polar surface area (TPSA) is 72.2 Å². The number of halogens is 1. The van der Waals surface area contributed by atoms with Gasteiger partial charge in [-0.2, -0.15) is 0 Å². The second-order valence-electron chi connectivity index (χ2n) is 4.61. The third-order valence-corrected chi connectivity index (χ3v) is 3.82. The number of hydrogen-bond donors (Lipinski definition) is 2. The van der Waals surface area contributed by atoms with Crippen LogP contribution in [0.4, 0.5) is 10.1 Å². The predicted octanol–water partition coefficient (Wildman–Crippen LogP) is 2.07. The van der Waals surface area contributed by atoms with Crippen molar-refractivity contribution in [1.29, 1.82) is 0 Å². The van der Waals surface area contributed by atoms with Crippen molar-refractivity contribution in [3.63, 3.8) is 0 Å². The first kappa shape index (κ1) is 14.9. The molecule has 0 radical (unpaired) electrons. The smallest absolute Gasteiger partial charge is 0.232 e. The summed E-state index contributed by atoms with van der Waals surface area (Å²) in [6.07, 6.45) is 0.584. The predicted molar refractivity (Wildman–Crippen MR) is 71.2 cm³/mol. The maximum Gasteiger partial charge on any atom is 0.232 e. The second kappa shape index (κ2) is 6.15. The molecule has 1 aromatic rings. The Morgan fingerprint density at radius 2 is 2.06 bits per heavy atom. The summed E-state index contributed by atoms with van der Waals surface area (Å²) in [5.41, 5.74) is 6.00. The van der Waals surface area contributed by atoms with Crippen molar-refractivity contribution in [2.24, 2.45) is 11.7 Å². The summed E-state index contributed by atoms with van der Waals surface area (Å²) in [7, 11) is -3.38.